The average molecular weight is 552 g/mol. The van der Waals surface area contributed by atoms with Crippen molar-refractivity contribution in [3.8, 4) is 5.75 Å². The van der Waals surface area contributed by atoms with Crippen molar-refractivity contribution in [3.05, 3.63) is 101 Å². The van der Waals surface area contributed by atoms with Gasteiger partial charge in [-0.15, -0.1) is 0 Å². The highest BCUT2D eigenvalue weighted by Crippen LogP contribution is 2.24. The summed E-state index contributed by atoms with van der Waals surface area (Å²) in [6.07, 6.45) is 1.93. The Labute approximate surface area is 203 Å². The maximum absolute atomic E-state index is 13.1. The van der Waals surface area contributed by atoms with Crippen molar-refractivity contribution in [2.75, 3.05) is 0 Å². The zero-order chi connectivity index (χ0) is 22.4. The summed E-state index contributed by atoms with van der Waals surface area (Å²) in [6, 6.07) is 18.4. The van der Waals surface area contributed by atoms with E-state index in [1.807, 2.05) is 42.5 Å². The predicted octanol–water partition coefficient (Wildman–Crippen LogP) is 5.57. The van der Waals surface area contributed by atoms with E-state index in [0.29, 0.717) is 11.1 Å². The molecule has 0 amide bonds. The van der Waals surface area contributed by atoms with Gasteiger partial charge in [0.05, 0.1) is 19.1 Å². The number of nitrogens with zero attached hydrogens (tertiary/aromatic N) is 2. The van der Waals surface area contributed by atoms with Crippen LogP contribution in [0.15, 0.2) is 59.4 Å². The van der Waals surface area contributed by atoms with Crippen LogP contribution in [-0.4, -0.2) is 9.38 Å². The normalized spacial score (nSPS) is 12.2. The summed E-state index contributed by atoms with van der Waals surface area (Å²) >= 11 is 3.71. The molecular formula is C26H21IN2O2S. The lowest BCUT2D eigenvalue weighted by Gasteiger charge is -2.09. The molecule has 6 heteroatoms. The first-order chi connectivity index (χ1) is 15.4. The second-order valence-corrected chi connectivity index (χ2v) is 10.2. The maximum atomic E-state index is 13.1. The Morgan fingerprint density at radius 2 is 1.88 bits per heavy atom. The van der Waals surface area contributed by atoms with Crippen LogP contribution < -0.4 is 14.8 Å². The van der Waals surface area contributed by atoms with Crippen LogP contribution >= 0.6 is 33.9 Å². The van der Waals surface area contributed by atoms with Gasteiger partial charge in [-0.25, -0.2) is 9.38 Å². The molecule has 0 bridgehead atoms. The molecule has 5 rings (SSSR count). The number of hydrogen-bond donors (Lipinski definition) is 0. The molecule has 0 N–H and O–H groups in total. The molecule has 0 saturated carbocycles. The molecule has 160 valence electrons. The summed E-state index contributed by atoms with van der Waals surface area (Å²) < 4.78 is 9.43. The van der Waals surface area contributed by atoms with Crippen molar-refractivity contribution in [1.82, 2.24) is 9.38 Å². The molecule has 0 aliphatic rings. The first-order valence-corrected chi connectivity index (χ1v) is 12.2. The van der Waals surface area contributed by atoms with E-state index >= 15 is 0 Å². The molecule has 0 unspecified atom stereocenters. The summed E-state index contributed by atoms with van der Waals surface area (Å²) in [5.74, 6) is 0.837. The van der Waals surface area contributed by atoms with Crippen LogP contribution in [-0.2, 0) is 6.61 Å². The molecular weight excluding hydrogens is 531 g/mol. The smallest absolute Gasteiger partial charge is 0.274 e. The number of aryl methyl sites for hydroxylation is 3. The van der Waals surface area contributed by atoms with Crippen molar-refractivity contribution in [3.63, 3.8) is 0 Å². The van der Waals surface area contributed by atoms with Gasteiger partial charge >= 0.3 is 0 Å². The van der Waals surface area contributed by atoms with E-state index in [0.717, 1.165) is 42.0 Å². The van der Waals surface area contributed by atoms with Gasteiger partial charge in [0.1, 0.15) is 12.4 Å². The summed E-state index contributed by atoms with van der Waals surface area (Å²) in [5.41, 5.74) is 7.39. The minimum absolute atomic E-state index is 0.0227. The Kier molecular flexibility index (Phi) is 5.51. The zero-order valence-corrected chi connectivity index (χ0v) is 21.0. The molecule has 3 aromatic carbocycles. The summed E-state index contributed by atoms with van der Waals surface area (Å²) in [6.45, 7) is 6.73. The van der Waals surface area contributed by atoms with Crippen molar-refractivity contribution in [1.29, 1.82) is 0 Å². The number of fused-ring (bicyclic) bond motifs is 3. The van der Waals surface area contributed by atoms with Crippen LogP contribution in [0.2, 0.25) is 0 Å². The third-order valence-electron chi connectivity index (χ3n) is 5.58. The van der Waals surface area contributed by atoms with Crippen molar-refractivity contribution in [2.24, 2.45) is 0 Å². The third-order valence-corrected chi connectivity index (χ3v) is 7.40. The Bertz CT molecular complexity index is 1600. The lowest BCUT2D eigenvalue weighted by atomic mass is 10.1. The largest absolute Gasteiger partial charge is 0.488 e. The van der Waals surface area contributed by atoms with Crippen LogP contribution in [0, 0.1) is 24.3 Å². The zero-order valence-electron chi connectivity index (χ0n) is 18.0. The molecule has 0 saturated heterocycles. The van der Waals surface area contributed by atoms with Gasteiger partial charge in [-0.05, 0) is 96.0 Å². The molecule has 2 heterocycles. The predicted molar refractivity (Wildman–Crippen MR) is 140 cm³/mol. The average Bonchev–Trinajstić information content (AvgIpc) is 3.24. The van der Waals surface area contributed by atoms with Gasteiger partial charge in [-0.1, -0.05) is 47.2 Å². The fourth-order valence-corrected chi connectivity index (χ4v) is 5.44. The SMILES string of the molecule is Cc1cccc(COc2ccc(/C=c3\sc4nc5cc(C)c(C)cc5n4c3=O)cc2I)c1. The fourth-order valence-electron chi connectivity index (χ4n) is 3.76. The molecule has 32 heavy (non-hydrogen) atoms. The molecule has 0 atom stereocenters. The number of ether oxygens (including phenoxy) is 1. The Morgan fingerprint density at radius 1 is 1.06 bits per heavy atom. The molecule has 0 aliphatic carbocycles. The van der Waals surface area contributed by atoms with Crippen molar-refractivity contribution >= 4 is 56.0 Å². The van der Waals surface area contributed by atoms with Crippen LogP contribution in [0.25, 0.3) is 22.1 Å². The van der Waals surface area contributed by atoms with Gasteiger partial charge in [0.25, 0.3) is 5.56 Å². The molecule has 4 nitrogen and oxygen atoms in total. The number of thiazole rings is 1. The second kappa shape index (κ2) is 8.33. The number of imidazole rings is 1. The number of aromatic nitrogens is 2. The number of hydrogen-bond acceptors (Lipinski definition) is 4. The maximum Gasteiger partial charge on any atom is 0.274 e. The third kappa shape index (κ3) is 3.93. The summed E-state index contributed by atoms with van der Waals surface area (Å²) in [4.78, 5) is 18.5. The number of halogens is 1. The Morgan fingerprint density at radius 3 is 2.66 bits per heavy atom. The molecule has 5 aromatic rings. The topological polar surface area (TPSA) is 43.6 Å². The molecule has 0 fully saturated rings. The first-order valence-electron chi connectivity index (χ1n) is 10.3. The standard InChI is InChI=1S/C26H21IN2O2S/c1-15-5-4-6-19(9-15)14-31-23-8-7-18(12-20(23)27)13-24-25(30)29-22-11-17(3)16(2)10-21(22)28-26(29)32-24/h4-13H,14H2,1-3H3/b24-13-. The quantitative estimate of drug-likeness (QED) is 0.274. The van der Waals surface area contributed by atoms with E-state index in [2.05, 4.69) is 66.5 Å². The van der Waals surface area contributed by atoms with E-state index in [1.54, 1.807) is 4.40 Å². The van der Waals surface area contributed by atoms with Gasteiger partial charge < -0.3 is 4.74 Å². The van der Waals surface area contributed by atoms with Crippen LogP contribution in [0.4, 0.5) is 0 Å². The van der Waals surface area contributed by atoms with Gasteiger partial charge in [0.15, 0.2) is 4.96 Å². The van der Waals surface area contributed by atoms with Gasteiger partial charge in [0, 0.05) is 0 Å². The molecule has 2 aromatic heterocycles. The van der Waals surface area contributed by atoms with Gasteiger partial charge in [0.2, 0.25) is 0 Å². The van der Waals surface area contributed by atoms with Gasteiger partial charge in [-0.3, -0.25) is 4.79 Å². The summed E-state index contributed by atoms with van der Waals surface area (Å²) in [7, 11) is 0. The van der Waals surface area contributed by atoms with E-state index in [4.69, 9.17) is 4.74 Å². The summed E-state index contributed by atoms with van der Waals surface area (Å²) in [5, 5.41) is 0. The van der Waals surface area contributed by atoms with Crippen LogP contribution in [0.1, 0.15) is 27.8 Å². The monoisotopic (exact) mass is 552 g/mol. The second-order valence-electron chi connectivity index (χ2n) is 8.04. The van der Waals surface area contributed by atoms with E-state index in [-0.39, 0.29) is 5.56 Å². The molecule has 0 radical (unpaired) electrons. The van der Waals surface area contributed by atoms with Crippen molar-refractivity contribution in [2.45, 2.75) is 27.4 Å². The highest BCUT2D eigenvalue weighted by atomic mass is 127. The highest BCUT2D eigenvalue weighted by molar-refractivity contribution is 14.1. The fraction of sp³-hybridized carbons (Fsp3) is 0.154. The van der Waals surface area contributed by atoms with E-state index in [1.165, 1.54) is 22.5 Å². The van der Waals surface area contributed by atoms with Crippen LogP contribution in [0.3, 0.4) is 0 Å². The number of benzene rings is 3. The van der Waals surface area contributed by atoms with Crippen LogP contribution in [0.5, 0.6) is 5.75 Å². The highest BCUT2D eigenvalue weighted by Gasteiger charge is 2.12. The number of rotatable bonds is 4. The minimum Gasteiger partial charge on any atom is -0.488 e. The lowest BCUT2D eigenvalue weighted by Crippen LogP contribution is -2.22. The Hall–Kier alpha value is -2.71. The van der Waals surface area contributed by atoms with Gasteiger partial charge in [-0.2, -0.15) is 0 Å². The molecule has 0 aliphatic heterocycles. The van der Waals surface area contributed by atoms with Crippen molar-refractivity contribution < 1.29 is 4.74 Å². The van der Waals surface area contributed by atoms with E-state index in [9.17, 15) is 4.79 Å². The first kappa shape index (κ1) is 21.2. The van der Waals surface area contributed by atoms with E-state index < -0.39 is 0 Å². The minimum atomic E-state index is -0.0227. The molecule has 0 spiro atoms. The Balaban J connectivity index is 1.47. The lowest BCUT2D eigenvalue weighted by molar-refractivity contribution is 0.304.